The average Bonchev–Trinajstić information content (AvgIpc) is 2.36. The summed E-state index contributed by atoms with van der Waals surface area (Å²) < 4.78 is 0.282. The Kier molecular flexibility index (Phi) is 4.26. The SMILES string of the molecule is O=C(NCC1(C(=O)O)CCC1)c1ccc(Br)c([N+](=O)[O-])c1. The van der Waals surface area contributed by atoms with Crippen LogP contribution in [-0.2, 0) is 4.79 Å². The lowest BCUT2D eigenvalue weighted by molar-refractivity contribution is -0.385. The second-order valence-corrected chi connectivity index (χ2v) is 5.90. The Bertz CT molecular complexity index is 613. The molecular formula is C13H13BrN2O5. The van der Waals surface area contributed by atoms with Crippen molar-refractivity contribution < 1.29 is 19.6 Å². The molecule has 0 bridgehead atoms. The molecule has 0 saturated heterocycles. The first-order chi connectivity index (χ1) is 9.85. The van der Waals surface area contributed by atoms with Gasteiger partial charge in [0.15, 0.2) is 0 Å². The molecule has 1 saturated carbocycles. The third kappa shape index (κ3) is 3.05. The number of aliphatic carboxylic acids is 1. The Hall–Kier alpha value is -1.96. The topological polar surface area (TPSA) is 110 Å². The zero-order chi connectivity index (χ0) is 15.6. The number of carboxylic acid groups (broad SMARTS) is 1. The Morgan fingerprint density at radius 1 is 1.43 bits per heavy atom. The molecule has 1 aliphatic rings. The first-order valence-electron chi connectivity index (χ1n) is 6.31. The van der Waals surface area contributed by atoms with Crippen LogP contribution in [0.4, 0.5) is 5.69 Å². The number of hydrogen-bond acceptors (Lipinski definition) is 4. The van der Waals surface area contributed by atoms with Crippen LogP contribution in [0, 0.1) is 15.5 Å². The van der Waals surface area contributed by atoms with Crippen LogP contribution in [0.2, 0.25) is 0 Å². The van der Waals surface area contributed by atoms with Gasteiger partial charge >= 0.3 is 5.97 Å². The van der Waals surface area contributed by atoms with Crippen molar-refractivity contribution >= 4 is 33.5 Å². The molecule has 7 nitrogen and oxygen atoms in total. The van der Waals surface area contributed by atoms with Crippen molar-refractivity contribution in [1.29, 1.82) is 0 Å². The quantitative estimate of drug-likeness (QED) is 0.621. The number of amides is 1. The monoisotopic (exact) mass is 356 g/mol. The fraction of sp³-hybridized carbons (Fsp3) is 0.385. The lowest BCUT2D eigenvalue weighted by atomic mass is 9.69. The van der Waals surface area contributed by atoms with E-state index in [-0.39, 0.29) is 22.3 Å². The van der Waals surface area contributed by atoms with Gasteiger partial charge in [0.25, 0.3) is 11.6 Å². The van der Waals surface area contributed by atoms with Crippen molar-refractivity contribution in [2.24, 2.45) is 5.41 Å². The smallest absolute Gasteiger partial charge is 0.311 e. The van der Waals surface area contributed by atoms with E-state index in [2.05, 4.69) is 21.2 Å². The Morgan fingerprint density at radius 2 is 2.10 bits per heavy atom. The van der Waals surface area contributed by atoms with E-state index in [4.69, 9.17) is 0 Å². The first-order valence-corrected chi connectivity index (χ1v) is 7.10. The minimum atomic E-state index is -0.921. The van der Waals surface area contributed by atoms with E-state index >= 15 is 0 Å². The number of nitrogens with one attached hydrogen (secondary N) is 1. The van der Waals surface area contributed by atoms with Crippen LogP contribution in [0.1, 0.15) is 29.6 Å². The third-order valence-corrected chi connectivity index (χ3v) is 4.43. The van der Waals surface area contributed by atoms with E-state index < -0.39 is 22.2 Å². The predicted octanol–water partition coefficient (Wildman–Crippen LogP) is 2.34. The molecule has 0 spiro atoms. The highest BCUT2D eigenvalue weighted by Crippen LogP contribution is 2.40. The molecule has 112 valence electrons. The molecule has 0 unspecified atom stereocenters. The molecule has 0 radical (unpaired) electrons. The van der Waals surface area contributed by atoms with Gasteiger partial charge in [0, 0.05) is 18.2 Å². The van der Waals surface area contributed by atoms with Crippen molar-refractivity contribution in [3.05, 3.63) is 38.3 Å². The summed E-state index contributed by atoms with van der Waals surface area (Å²) in [5.41, 5.74) is -0.972. The number of benzene rings is 1. The van der Waals surface area contributed by atoms with Crippen LogP contribution in [0.3, 0.4) is 0 Å². The number of nitro groups is 1. The highest BCUT2D eigenvalue weighted by molar-refractivity contribution is 9.10. The molecule has 0 atom stereocenters. The van der Waals surface area contributed by atoms with Crippen LogP contribution in [0.15, 0.2) is 22.7 Å². The number of carbonyl (C=O) groups excluding carboxylic acids is 1. The molecule has 1 aromatic carbocycles. The molecule has 2 rings (SSSR count). The summed E-state index contributed by atoms with van der Waals surface area (Å²) in [6.45, 7) is 0.0328. The Labute approximate surface area is 128 Å². The first kappa shape index (κ1) is 15.4. The Morgan fingerprint density at radius 3 is 2.57 bits per heavy atom. The minimum absolute atomic E-state index is 0.0328. The Balaban J connectivity index is 2.09. The molecule has 1 aliphatic carbocycles. The summed E-state index contributed by atoms with van der Waals surface area (Å²) in [5.74, 6) is -1.44. The van der Waals surface area contributed by atoms with Crippen molar-refractivity contribution in [3.8, 4) is 0 Å². The molecule has 0 aliphatic heterocycles. The second kappa shape index (κ2) is 5.80. The highest BCUT2D eigenvalue weighted by atomic mass is 79.9. The van der Waals surface area contributed by atoms with Crippen molar-refractivity contribution in [1.82, 2.24) is 5.32 Å². The van der Waals surface area contributed by atoms with Gasteiger partial charge in [-0.2, -0.15) is 0 Å². The number of nitro benzene ring substituents is 1. The summed E-state index contributed by atoms with van der Waals surface area (Å²) in [5, 5.41) is 22.5. The summed E-state index contributed by atoms with van der Waals surface area (Å²) in [7, 11) is 0. The molecule has 1 amide bonds. The number of halogens is 1. The van der Waals surface area contributed by atoms with Gasteiger partial charge in [-0.05, 0) is 40.9 Å². The molecule has 1 fully saturated rings. The lowest BCUT2D eigenvalue weighted by Crippen LogP contribution is -2.47. The van der Waals surface area contributed by atoms with Gasteiger partial charge in [-0.25, -0.2) is 0 Å². The van der Waals surface area contributed by atoms with E-state index in [0.29, 0.717) is 12.8 Å². The molecule has 0 heterocycles. The van der Waals surface area contributed by atoms with Crippen molar-refractivity contribution in [3.63, 3.8) is 0 Å². The third-order valence-electron chi connectivity index (χ3n) is 3.76. The van der Waals surface area contributed by atoms with Gasteiger partial charge in [0.2, 0.25) is 0 Å². The lowest BCUT2D eigenvalue weighted by Gasteiger charge is -2.37. The number of carboxylic acids is 1. The maximum Gasteiger partial charge on any atom is 0.311 e. The number of rotatable bonds is 5. The van der Waals surface area contributed by atoms with Gasteiger partial charge in [0.1, 0.15) is 0 Å². The van der Waals surface area contributed by atoms with Crippen LogP contribution in [0.5, 0.6) is 0 Å². The largest absolute Gasteiger partial charge is 0.481 e. The number of nitrogens with zero attached hydrogens (tertiary/aromatic N) is 1. The number of carbonyl (C=O) groups is 2. The maximum absolute atomic E-state index is 12.0. The van der Waals surface area contributed by atoms with E-state index in [0.717, 1.165) is 12.5 Å². The highest BCUT2D eigenvalue weighted by Gasteiger charge is 2.44. The second-order valence-electron chi connectivity index (χ2n) is 5.05. The molecule has 0 aromatic heterocycles. The molecule has 21 heavy (non-hydrogen) atoms. The molecule has 2 N–H and O–H groups in total. The van der Waals surface area contributed by atoms with Gasteiger partial charge in [-0.1, -0.05) is 6.42 Å². The van der Waals surface area contributed by atoms with Crippen molar-refractivity contribution in [2.45, 2.75) is 19.3 Å². The summed E-state index contributed by atoms with van der Waals surface area (Å²) >= 11 is 3.04. The molecule has 1 aromatic rings. The maximum atomic E-state index is 12.0. The van der Waals surface area contributed by atoms with E-state index in [1.807, 2.05) is 0 Å². The standard InChI is InChI=1S/C13H13BrN2O5/c14-9-3-2-8(6-10(9)16(20)21)11(17)15-7-13(12(18)19)4-1-5-13/h2-3,6H,1,4-5,7H2,(H,15,17)(H,18,19). The zero-order valence-electron chi connectivity index (χ0n) is 11.0. The van der Waals surface area contributed by atoms with Crippen LogP contribution in [-0.4, -0.2) is 28.5 Å². The van der Waals surface area contributed by atoms with E-state index in [9.17, 15) is 24.8 Å². The average molecular weight is 357 g/mol. The van der Waals surface area contributed by atoms with E-state index in [1.165, 1.54) is 12.1 Å². The normalized spacial score (nSPS) is 15.9. The van der Waals surface area contributed by atoms with Crippen LogP contribution >= 0.6 is 15.9 Å². The van der Waals surface area contributed by atoms with Crippen LogP contribution < -0.4 is 5.32 Å². The summed E-state index contributed by atoms with van der Waals surface area (Å²) in [6.07, 6.45) is 1.89. The fourth-order valence-electron chi connectivity index (χ4n) is 2.22. The summed E-state index contributed by atoms with van der Waals surface area (Å²) in [6, 6.07) is 4.03. The predicted molar refractivity (Wildman–Crippen MR) is 77.0 cm³/mol. The van der Waals surface area contributed by atoms with Gasteiger partial charge in [-0.15, -0.1) is 0 Å². The number of hydrogen-bond donors (Lipinski definition) is 2. The summed E-state index contributed by atoms with van der Waals surface area (Å²) in [4.78, 5) is 33.4. The van der Waals surface area contributed by atoms with E-state index in [1.54, 1.807) is 0 Å². The fourth-order valence-corrected chi connectivity index (χ4v) is 2.61. The van der Waals surface area contributed by atoms with Crippen LogP contribution in [0.25, 0.3) is 0 Å². The van der Waals surface area contributed by atoms with Gasteiger partial charge in [-0.3, -0.25) is 19.7 Å². The zero-order valence-corrected chi connectivity index (χ0v) is 12.6. The molecular weight excluding hydrogens is 344 g/mol. The van der Waals surface area contributed by atoms with Gasteiger partial charge in [0.05, 0.1) is 14.8 Å². The minimum Gasteiger partial charge on any atom is -0.481 e. The van der Waals surface area contributed by atoms with Crippen molar-refractivity contribution in [2.75, 3.05) is 6.54 Å². The van der Waals surface area contributed by atoms with Gasteiger partial charge < -0.3 is 10.4 Å². The molecule has 8 heteroatoms.